The van der Waals surface area contributed by atoms with E-state index in [0.29, 0.717) is 5.41 Å². The molecule has 2 nitrogen and oxygen atoms in total. The van der Waals surface area contributed by atoms with Gasteiger partial charge in [-0.2, -0.15) is 0 Å². The highest BCUT2D eigenvalue weighted by molar-refractivity contribution is 4.90. The van der Waals surface area contributed by atoms with Crippen molar-refractivity contribution in [2.75, 3.05) is 0 Å². The number of aliphatic hydroxyl groups is 2. The summed E-state index contributed by atoms with van der Waals surface area (Å²) in [6.45, 7) is 4.85. The van der Waals surface area contributed by atoms with Gasteiger partial charge in [0, 0.05) is 0 Å². The first-order valence-electron chi connectivity index (χ1n) is 8.13. The van der Waals surface area contributed by atoms with Crippen molar-refractivity contribution in [3.8, 4) is 0 Å². The molecule has 2 saturated carbocycles. The molecule has 2 aliphatic carbocycles. The van der Waals surface area contributed by atoms with Gasteiger partial charge >= 0.3 is 0 Å². The predicted octanol–water partition coefficient (Wildman–Crippen LogP) is 3.11. The first-order chi connectivity index (χ1) is 9.07. The lowest BCUT2D eigenvalue weighted by atomic mass is 9.60. The van der Waals surface area contributed by atoms with Crippen LogP contribution in [0.25, 0.3) is 0 Å². The highest BCUT2D eigenvalue weighted by Crippen LogP contribution is 2.48. The maximum absolute atomic E-state index is 7.03. The summed E-state index contributed by atoms with van der Waals surface area (Å²) in [5, 5.41) is 9.48. The van der Waals surface area contributed by atoms with Crippen LogP contribution in [0.2, 0.25) is 0 Å². The maximum Gasteiger partial charge on any atom is 0.210 e. The quantitative estimate of drug-likeness (QED) is 0.795. The van der Waals surface area contributed by atoms with Crippen LogP contribution in [0.15, 0.2) is 0 Å². The van der Waals surface area contributed by atoms with Crippen molar-refractivity contribution in [2.24, 2.45) is 17.3 Å². The van der Waals surface area contributed by atoms with E-state index in [9.17, 15) is 0 Å². The van der Waals surface area contributed by atoms with E-state index in [0.717, 1.165) is 37.5 Å². The second kappa shape index (κ2) is 5.27. The first-order valence-corrected chi connectivity index (χ1v) is 7.31. The number of aliphatic hydroxyl groups excluding tert-OH is 2. The van der Waals surface area contributed by atoms with E-state index in [2.05, 4.69) is 13.8 Å². The highest BCUT2D eigenvalue weighted by atomic mass is 16.3. The molecule has 0 unspecified atom stereocenters. The van der Waals surface area contributed by atoms with Crippen molar-refractivity contribution in [3.63, 3.8) is 0 Å². The lowest BCUT2D eigenvalue weighted by molar-refractivity contribution is 0.00233. The van der Waals surface area contributed by atoms with E-state index in [4.69, 9.17) is 13.1 Å². The molecule has 2 heteroatoms. The van der Waals surface area contributed by atoms with Gasteiger partial charge in [-0.3, -0.25) is 0 Å². The molecule has 0 aromatic heterocycles. The Kier molecular flexibility index (Phi) is 3.35. The van der Waals surface area contributed by atoms with Gasteiger partial charge in [-0.1, -0.05) is 13.8 Å². The minimum atomic E-state index is 0.166. The summed E-state index contributed by atoms with van der Waals surface area (Å²) >= 11 is 0. The lowest BCUT2D eigenvalue weighted by Gasteiger charge is -2.46. The molecule has 0 heterocycles. The molecule has 2 aliphatic rings. The summed E-state index contributed by atoms with van der Waals surface area (Å²) in [5.74, 6) is 1.52. The Hall–Kier alpha value is -0.0800. The summed E-state index contributed by atoms with van der Waals surface area (Å²) in [6.07, 6.45) is 9.31. The fourth-order valence-electron chi connectivity index (χ4n) is 3.95. The predicted molar refractivity (Wildman–Crippen MR) is 69.7 cm³/mol. The van der Waals surface area contributed by atoms with Gasteiger partial charge in [-0.25, -0.2) is 0 Å². The highest BCUT2D eigenvalue weighted by Gasteiger charge is 2.39. The van der Waals surface area contributed by atoms with Crippen molar-refractivity contribution in [2.45, 2.75) is 77.4 Å². The van der Waals surface area contributed by atoms with Gasteiger partial charge in [0.2, 0.25) is 2.86 Å². The van der Waals surface area contributed by atoms with Gasteiger partial charge in [-0.05, 0) is 68.6 Å². The lowest BCUT2D eigenvalue weighted by Crippen LogP contribution is -2.38. The van der Waals surface area contributed by atoms with Crippen LogP contribution in [0.4, 0.5) is 0 Å². The molecule has 0 bridgehead atoms. The van der Waals surface area contributed by atoms with E-state index in [1.807, 2.05) is 0 Å². The third kappa shape index (κ3) is 3.03. The molecule has 0 saturated heterocycles. The molecule has 2 N–H and O–H groups in total. The van der Waals surface area contributed by atoms with Crippen molar-refractivity contribution in [3.05, 3.63) is 0 Å². The van der Waals surface area contributed by atoms with Crippen molar-refractivity contribution in [1.29, 1.82) is 2.86 Å². The summed E-state index contributed by atoms with van der Waals surface area (Å²) in [7, 11) is 0. The molecule has 100 valence electrons. The Morgan fingerprint density at radius 3 is 1.41 bits per heavy atom. The van der Waals surface area contributed by atoms with E-state index in [1.54, 1.807) is 0 Å². The molecule has 0 aromatic carbocycles. The van der Waals surface area contributed by atoms with Gasteiger partial charge < -0.3 is 10.2 Å². The molecule has 2 rings (SSSR count). The number of rotatable bonds is 4. The van der Waals surface area contributed by atoms with Crippen LogP contribution in [0.3, 0.4) is 0 Å². The zero-order valence-corrected chi connectivity index (χ0v) is 11.3. The first kappa shape index (κ1) is 10.8. The summed E-state index contributed by atoms with van der Waals surface area (Å²) < 4.78 is 14.1. The molecular formula is C15H28O2. The molecule has 0 aliphatic heterocycles. The third-order valence-corrected chi connectivity index (χ3v) is 5.45. The Bertz CT molecular complexity index is 241. The smallest absolute Gasteiger partial charge is 0.210 e. The molecule has 17 heavy (non-hydrogen) atoms. The Balaban J connectivity index is 1.88. The molecule has 0 atom stereocenters. The fraction of sp³-hybridized carbons (Fsp3) is 1.00. The second-order valence-electron chi connectivity index (χ2n) is 6.77. The van der Waals surface area contributed by atoms with Gasteiger partial charge in [0.15, 0.2) is 0 Å². The Morgan fingerprint density at radius 1 is 0.765 bits per heavy atom. The van der Waals surface area contributed by atoms with Crippen LogP contribution in [-0.4, -0.2) is 25.3 Å². The second-order valence-corrected chi connectivity index (χ2v) is 6.77. The van der Waals surface area contributed by atoms with Crippen molar-refractivity contribution < 1.29 is 10.2 Å². The topological polar surface area (TPSA) is 40.5 Å². The van der Waals surface area contributed by atoms with Crippen LogP contribution < -0.4 is 0 Å². The normalized spacial score (nSPS) is 41.8. The average molecular weight is 242 g/mol. The fourth-order valence-corrected chi connectivity index (χ4v) is 3.95. The van der Waals surface area contributed by atoms with Crippen LogP contribution >= 0.6 is 0 Å². The van der Waals surface area contributed by atoms with Crippen LogP contribution in [0, 0.1) is 17.3 Å². The zero-order chi connectivity index (χ0) is 13.9. The molecular weight excluding hydrogens is 212 g/mol. The van der Waals surface area contributed by atoms with Crippen LogP contribution in [0.5, 0.6) is 0 Å². The molecule has 0 aromatic rings. The molecule has 2 fully saturated rings. The van der Waals surface area contributed by atoms with E-state index >= 15 is 0 Å². The molecule has 0 spiro atoms. The summed E-state index contributed by atoms with van der Waals surface area (Å²) in [6, 6.07) is 0. The molecule has 0 radical (unpaired) electrons. The number of hydrogen-bond donors (Lipinski definition) is 2. The van der Waals surface area contributed by atoms with Gasteiger partial charge in [-0.15, -0.1) is 0 Å². The third-order valence-electron chi connectivity index (χ3n) is 5.45. The van der Waals surface area contributed by atoms with Gasteiger partial charge in [0.05, 0.1) is 12.2 Å². The van der Waals surface area contributed by atoms with E-state index < -0.39 is 0 Å². The zero-order valence-electron chi connectivity index (χ0n) is 13.3. The van der Waals surface area contributed by atoms with Gasteiger partial charge in [0.1, 0.15) is 0 Å². The standard InChI is InChI=1S/C15H28O2/c1-15(2,11-3-7-13(16)8-4-11)12-5-9-14(17)10-6-12/h11-14,16-17H,3-10H2,1-2H3/i16D,17D. The number of hydrogen-bond acceptors (Lipinski definition) is 2. The van der Waals surface area contributed by atoms with Crippen molar-refractivity contribution in [1.82, 2.24) is 0 Å². The van der Waals surface area contributed by atoms with Gasteiger partial charge in [0.25, 0.3) is 0 Å². The molecule has 0 amide bonds. The minimum absolute atomic E-state index is 0.166. The maximum atomic E-state index is 7.03. The summed E-state index contributed by atoms with van der Waals surface area (Å²) in [4.78, 5) is 0. The van der Waals surface area contributed by atoms with Crippen LogP contribution in [0.1, 0.15) is 65.2 Å². The summed E-state index contributed by atoms with van der Waals surface area (Å²) in [5.41, 5.74) is 0.375. The van der Waals surface area contributed by atoms with E-state index in [-0.39, 0.29) is 12.2 Å². The largest absolute Gasteiger partial charge is 0.393 e. The SMILES string of the molecule is [2H]OC1CCC(C(C)(C)C2CCC(O[2H])CC2)CC1. The van der Waals surface area contributed by atoms with E-state index in [1.165, 1.54) is 25.7 Å². The van der Waals surface area contributed by atoms with Crippen LogP contribution in [-0.2, 0) is 0 Å². The Labute approximate surface area is 108 Å². The van der Waals surface area contributed by atoms with Crippen molar-refractivity contribution >= 4 is 0 Å². The monoisotopic (exact) mass is 242 g/mol. The minimum Gasteiger partial charge on any atom is -0.393 e. The Morgan fingerprint density at radius 2 is 1.12 bits per heavy atom. The average Bonchev–Trinajstić information content (AvgIpc) is 2.47.